The number of hydrazine groups is 1. The van der Waals surface area contributed by atoms with Crippen LogP contribution in [-0.4, -0.2) is 29.7 Å². The van der Waals surface area contributed by atoms with E-state index in [1.807, 2.05) is 19.1 Å². The van der Waals surface area contributed by atoms with E-state index >= 15 is 0 Å². The van der Waals surface area contributed by atoms with Gasteiger partial charge in [-0.2, -0.15) is 0 Å². The first-order valence-corrected chi connectivity index (χ1v) is 13.1. The van der Waals surface area contributed by atoms with Gasteiger partial charge in [0.1, 0.15) is 5.82 Å². The molecule has 1 unspecified atom stereocenters. The molecule has 2 rings (SSSR count). The fourth-order valence-corrected chi connectivity index (χ4v) is 3.82. The zero-order valence-electron chi connectivity index (χ0n) is 23.5. The largest absolute Gasteiger partial charge is 0.306 e. The molecule has 1 aliphatic heterocycles. The minimum absolute atomic E-state index is 0.156. The van der Waals surface area contributed by atoms with E-state index in [0.717, 1.165) is 24.9 Å². The SMILES string of the molecule is CC/C=C\C(C1=CN(N(C)CCC(C)C)C(C)C=C1C)=C(/C)c1ccc(F)c(C)c1.CCCC. The van der Waals surface area contributed by atoms with E-state index in [0.29, 0.717) is 17.5 Å². The lowest BCUT2D eigenvalue weighted by molar-refractivity contribution is 0.0251. The molecule has 0 saturated carbocycles. The molecule has 190 valence electrons. The number of unbranched alkanes of at least 4 members (excludes halogenated alkanes) is 1. The summed E-state index contributed by atoms with van der Waals surface area (Å²) in [5.74, 6) is 0.525. The number of benzene rings is 1. The zero-order valence-corrected chi connectivity index (χ0v) is 23.5. The minimum atomic E-state index is -0.156. The van der Waals surface area contributed by atoms with E-state index in [-0.39, 0.29) is 5.82 Å². The third-order valence-corrected chi connectivity index (χ3v) is 6.32. The molecule has 0 saturated heterocycles. The van der Waals surface area contributed by atoms with Crippen LogP contribution in [0.25, 0.3) is 5.57 Å². The summed E-state index contributed by atoms with van der Waals surface area (Å²) < 4.78 is 13.8. The highest BCUT2D eigenvalue weighted by atomic mass is 19.1. The van der Waals surface area contributed by atoms with Gasteiger partial charge in [0.15, 0.2) is 0 Å². The fourth-order valence-electron chi connectivity index (χ4n) is 3.82. The van der Waals surface area contributed by atoms with Gasteiger partial charge in [0.05, 0.1) is 6.04 Å². The van der Waals surface area contributed by atoms with Crippen molar-refractivity contribution in [1.29, 1.82) is 0 Å². The first-order chi connectivity index (χ1) is 16.1. The van der Waals surface area contributed by atoms with Gasteiger partial charge in [0, 0.05) is 25.4 Å². The van der Waals surface area contributed by atoms with Crippen LogP contribution in [0.4, 0.5) is 4.39 Å². The Morgan fingerprint density at radius 2 is 1.79 bits per heavy atom. The molecule has 3 heteroatoms. The summed E-state index contributed by atoms with van der Waals surface area (Å²) >= 11 is 0. The lowest BCUT2D eigenvalue weighted by atomic mass is 9.89. The van der Waals surface area contributed by atoms with Crippen molar-refractivity contribution in [1.82, 2.24) is 10.0 Å². The highest BCUT2D eigenvalue weighted by molar-refractivity contribution is 5.76. The number of nitrogens with zero attached hydrogens (tertiary/aromatic N) is 2. The van der Waals surface area contributed by atoms with Gasteiger partial charge in [0.25, 0.3) is 0 Å². The maximum absolute atomic E-state index is 13.8. The highest BCUT2D eigenvalue weighted by Gasteiger charge is 2.22. The molecular weight excluding hydrogens is 419 g/mol. The molecule has 0 aromatic heterocycles. The van der Waals surface area contributed by atoms with Crippen LogP contribution in [0.2, 0.25) is 0 Å². The van der Waals surface area contributed by atoms with Gasteiger partial charge in [-0.25, -0.2) is 9.40 Å². The van der Waals surface area contributed by atoms with Gasteiger partial charge in [0.2, 0.25) is 0 Å². The van der Waals surface area contributed by atoms with Crippen LogP contribution in [0.5, 0.6) is 0 Å². The summed E-state index contributed by atoms with van der Waals surface area (Å²) in [6.07, 6.45) is 13.8. The molecule has 0 spiro atoms. The second-order valence-corrected chi connectivity index (χ2v) is 9.89. The molecule has 2 nitrogen and oxygen atoms in total. The number of halogens is 1. The van der Waals surface area contributed by atoms with Gasteiger partial charge in [-0.3, -0.25) is 0 Å². The normalized spacial score (nSPS) is 17.0. The summed E-state index contributed by atoms with van der Waals surface area (Å²) in [6.45, 7) is 20.5. The summed E-state index contributed by atoms with van der Waals surface area (Å²) in [7, 11) is 2.17. The molecular formula is C31H49FN2. The van der Waals surface area contributed by atoms with Gasteiger partial charge in [-0.05, 0) is 86.4 Å². The van der Waals surface area contributed by atoms with E-state index in [1.54, 1.807) is 6.07 Å². The molecule has 1 heterocycles. The fraction of sp³-hybridized carbons (Fsp3) is 0.548. The maximum atomic E-state index is 13.8. The molecule has 1 aliphatic rings. The first kappa shape index (κ1) is 29.9. The lowest BCUT2D eigenvalue weighted by Crippen LogP contribution is -2.43. The number of rotatable bonds is 9. The average Bonchev–Trinajstić information content (AvgIpc) is 2.80. The smallest absolute Gasteiger partial charge is 0.126 e. The third-order valence-electron chi connectivity index (χ3n) is 6.32. The van der Waals surface area contributed by atoms with E-state index in [2.05, 4.69) is 96.9 Å². The van der Waals surface area contributed by atoms with Crippen molar-refractivity contribution in [2.24, 2.45) is 5.92 Å². The third kappa shape index (κ3) is 8.91. The summed E-state index contributed by atoms with van der Waals surface area (Å²) in [4.78, 5) is 0. The Bertz CT molecular complexity index is 887. The first-order valence-electron chi connectivity index (χ1n) is 13.1. The Balaban J connectivity index is 0.00000133. The van der Waals surface area contributed by atoms with Crippen LogP contribution in [-0.2, 0) is 0 Å². The lowest BCUT2D eigenvalue weighted by Gasteiger charge is -2.39. The van der Waals surface area contributed by atoms with Crippen molar-refractivity contribution in [3.63, 3.8) is 0 Å². The predicted molar refractivity (Wildman–Crippen MR) is 149 cm³/mol. The summed E-state index contributed by atoms with van der Waals surface area (Å²) in [6, 6.07) is 5.72. The van der Waals surface area contributed by atoms with Crippen LogP contribution in [0.3, 0.4) is 0 Å². The Morgan fingerprint density at radius 3 is 2.32 bits per heavy atom. The zero-order chi connectivity index (χ0) is 25.8. The Kier molecular flexibility index (Phi) is 13.2. The van der Waals surface area contributed by atoms with Gasteiger partial charge >= 0.3 is 0 Å². The highest BCUT2D eigenvalue weighted by Crippen LogP contribution is 2.33. The van der Waals surface area contributed by atoms with Crippen molar-refractivity contribution in [2.75, 3.05) is 13.6 Å². The number of aryl methyl sites for hydroxylation is 1. The van der Waals surface area contributed by atoms with Crippen molar-refractivity contribution < 1.29 is 4.39 Å². The number of allylic oxidation sites excluding steroid dienone is 6. The quantitative estimate of drug-likeness (QED) is 0.333. The summed E-state index contributed by atoms with van der Waals surface area (Å²) in [5, 5.41) is 4.67. The molecule has 34 heavy (non-hydrogen) atoms. The molecule has 0 bridgehead atoms. The molecule has 0 fully saturated rings. The topological polar surface area (TPSA) is 6.48 Å². The summed E-state index contributed by atoms with van der Waals surface area (Å²) in [5.41, 5.74) is 6.63. The molecule has 1 atom stereocenters. The van der Waals surface area contributed by atoms with E-state index in [1.165, 1.54) is 35.1 Å². The van der Waals surface area contributed by atoms with Gasteiger partial charge in [-0.15, -0.1) is 0 Å². The molecule has 0 aliphatic carbocycles. The van der Waals surface area contributed by atoms with Crippen LogP contribution >= 0.6 is 0 Å². The Hall–Kier alpha value is -2.13. The van der Waals surface area contributed by atoms with Gasteiger partial charge < -0.3 is 5.01 Å². The minimum Gasteiger partial charge on any atom is -0.306 e. The maximum Gasteiger partial charge on any atom is 0.126 e. The molecule has 0 N–H and O–H groups in total. The van der Waals surface area contributed by atoms with Crippen LogP contribution in [0.1, 0.15) is 92.2 Å². The van der Waals surface area contributed by atoms with E-state index in [9.17, 15) is 4.39 Å². The molecule has 0 radical (unpaired) electrons. The predicted octanol–water partition coefficient (Wildman–Crippen LogP) is 9.11. The van der Waals surface area contributed by atoms with Crippen molar-refractivity contribution in [2.45, 2.75) is 94.0 Å². The average molecular weight is 469 g/mol. The van der Waals surface area contributed by atoms with Crippen molar-refractivity contribution in [3.05, 3.63) is 76.3 Å². The van der Waals surface area contributed by atoms with E-state index < -0.39 is 0 Å². The number of hydrogen-bond acceptors (Lipinski definition) is 2. The monoisotopic (exact) mass is 468 g/mol. The van der Waals surface area contributed by atoms with Crippen molar-refractivity contribution in [3.8, 4) is 0 Å². The Labute approximate surface area is 209 Å². The van der Waals surface area contributed by atoms with Crippen molar-refractivity contribution >= 4 is 5.57 Å². The molecule has 0 amide bonds. The standard InChI is InChI=1S/C27H39FN2.C4H10/c1-9-10-11-25(23(7)24-12-13-27(28)21(5)17-24)26-18-30(22(6)16-20(26)4)29(8)15-14-19(2)3;1-3-4-2/h10-13,16-19,22H,9,14-15H2,1-8H3;3-4H2,1-2H3/b11-10-,25-23-;. The molecule has 1 aromatic carbocycles. The number of hydrogen-bond donors (Lipinski definition) is 0. The second-order valence-electron chi connectivity index (χ2n) is 9.89. The van der Waals surface area contributed by atoms with Crippen LogP contribution < -0.4 is 0 Å². The Morgan fingerprint density at radius 1 is 1.15 bits per heavy atom. The van der Waals surface area contributed by atoms with Gasteiger partial charge in [-0.1, -0.05) is 71.8 Å². The molecule has 1 aromatic rings. The van der Waals surface area contributed by atoms with Crippen LogP contribution in [0.15, 0.2) is 59.3 Å². The van der Waals surface area contributed by atoms with Crippen LogP contribution in [0, 0.1) is 18.7 Å². The van der Waals surface area contributed by atoms with E-state index in [4.69, 9.17) is 0 Å². The second kappa shape index (κ2) is 15.0.